The number of nitrogens with one attached hydrogen (secondary N) is 1. The van der Waals surface area contributed by atoms with E-state index in [1.807, 2.05) is 13.0 Å². The molecule has 2 aromatic rings. The predicted molar refractivity (Wildman–Crippen MR) is 138 cm³/mol. The molecule has 2 aromatic carbocycles. The molecule has 7 nitrogen and oxygen atoms in total. The third kappa shape index (κ3) is 5.44. The molecular weight excluding hydrogens is 502 g/mol. The summed E-state index contributed by atoms with van der Waals surface area (Å²) in [5.74, 6) is -3.69. The van der Waals surface area contributed by atoms with Crippen molar-refractivity contribution in [1.82, 2.24) is 4.90 Å². The average Bonchev–Trinajstić information content (AvgIpc) is 2.75. The number of rotatable bonds is 7. The lowest BCUT2D eigenvalue weighted by Gasteiger charge is -2.41. The molecule has 1 fully saturated rings. The zero-order valence-electron chi connectivity index (χ0n) is 21.3. The summed E-state index contributed by atoms with van der Waals surface area (Å²) in [6, 6.07) is 6.47. The average molecular weight is 535 g/mol. The van der Waals surface area contributed by atoms with Crippen molar-refractivity contribution < 1.29 is 33.0 Å². The van der Waals surface area contributed by atoms with Crippen LogP contribution in [0.15, 0.2) is 35.2 Å². The second-order valence-corrected chi connectivity index (χ2v) is 14.4. The highest BCUT2D eigenvalue weighted by Crippen LogP contribution is 2.48. The molecule has 4 rings (SSSR count). The summed E-state index contributed by atoms with van der Waals surface area (Å²) >= 11 is 0. The van der Waals surface area contributed by atoms with Crippen LogP contribution in [0.5, 0.6) is 5.75 Å². The van der Waals surface area contributed by atoms with Crippen molar-refractivity contribution in [3.63, 3.8) is 0 Å². The van der Waals surface area contributed by atoms with Crippen molar-refractivity contribution in [3.8, 4) is 5.75 Å². The number of amides is 2. The molecule has 0 aromatic heterocycles. The van der Waals surface area contributed by atoms with Crippen molar-refractivity contribution >= 4 is 33.5 Å². The molecule has 2 amide bonds. The van der Waals surface area contributed by atoms with E-state index in [0.717, 1.165) is 17.7 Å². The van der Waals surface area contributed by atoms with Gasteiger partial charge in [-0.15, -0.1) is 0 Å². The van der Waals surface area contributed by atoms with E-state index in [2.05, 4.69) is 5.32 Å². The topological polar surface area (TPSA) is 95.9 Å². The van der Waals surface area contributed by atoms with Gasteiger partial charge in [0.2, 0.25) is 5.91 Å². The number of ether oxygens (including phenoxy) is 1. The van der Waals surface area contributed by atoms with E-state index >= 15 is 0 Å². The van der Waals surface area contributed by atoms with Gasteiger partial charge in [-0.2, -0.15) is 0 Å². The van der Waals surface area contributed by atoms with Crippen molar-refractivity contribution in [2.45, 2.75) is 37.1 Å². The summed E-state index contributed by atoms with van der Waals surface area (Å²) in [6.07, 6.45) is 6.28. The van der Waals surface area contributed by atoms with E-state index in [4.69, 9.17) is 4.74 Å². The van der Waals surface area contributed by atoms with Gasteiger partial charge in [0.15, 0.2) is 0 Å². The van der Waals surface area contributed by atoms with Gasteiger partial charge in [-0.25, -0.2) is 18.8 Å². The summed E-state index contributed by atoms with van der Waals surface area (Å²) in [7, 11) is -1.68. The van der Waals surface area contributed by atoms with Gasteiger partial charge in [-0.05, 0) is 80.3 Å². The minimum absolute atomic E-state index is 0.00624. The van der Waals surface area contributed by atoms with Crippen LogP contribution >= 0.6 is 10.0 Å². The molecule has 0 saturated heterocycles. The fourth-order valence-corrected chi connectivity index (χ4v) is 6.35. The second-order valence-electron chi connectivity index (χ2n) is 10.3. The molecule has 1 aliphatic carbocycles. The molecule has 1 heterocycles. The number of hydrogen-bond donors (Lipinski definition) is 2. The molecule has 0 spiro atoms. The van der Waals surface area contributed by atoms with E-state index < -0.39 is 51.4 Å². The number of fused-ring (bicyclic) bond motifs is 1. The van der Waals surface area contributed by atoms with Crippen molar-refractivity contribution in [2.24, 2.45) is 11.8 Å². The molecule has 200 valence electrons. The lowest BCUT2D eigenvalue weighted by Crippen LogP contribution is -2.50. The minimum atomic E-state index is -1.68. The minimum Gasteiger partial charge on any atom is -0.494 e. The Labute approximate surface area is 216 Å². The Kier molecular flexibility index (Phi) is 7.50. The zero-order valence-corrected chi connectivity index (χ0v) is 22.2. The Morgan fingerprint density at radius 2 is 1.73 bits per heavy atom. The number of halogens is 2. The number of carbonyl (C=O) groups excluding carboxylic acids is 2. The van der Waals surface area contributed by atoms with Crippen LogP contribution in [0.25, 0.3) is 0 Å². The Balaban J connectivity index is 1.65. The summed E-state index contributed by atoms with van der Waals surface area (Å²) in [5, 5.41) is 11.8. The number of hydrogen-bond acceptors (Lipinski definition) is 4. The lowest BCUT2D eigenvalue weighted by atomic mass is 9.73. The highest BCUT2D eigenvalue weighted by atomic mass is 32.3. The van der Waals surface area contributed by atoms with Crippen LogP contribution in [0.4, 0.5) is 14.5 Å². The van der Waals surface area contributed by atoms with Crippen LogP contribution in [0.2, 0.25) is 0 Å². The first kappa shape index (κ1) is 26.9. The number of benzene rings is 2. The van der Waals surface area contributed by atoms with E-state index in [1.54, 1.807) is 30.9 Å². The monoisotopic (exact) mass is 534 g/mol. The van der Waals surface area contributed by atoms with Crippen LogP contribution in [0.1, 0.15) is 36.9 Å². The standard InChI is InChI=1S/C27H32F2N2O5S/c1-5-36-19-6-7-20-15(12-19)8-9-31(26(33)16-10-17(11-16)27(34)35)23(20)25(32)30-18-13-21(28)24(22(29)14-18)37(2,3)4/h6-7,12-14,16-17,23H,5,8-11H2,1-4H3,(H,30,32)(H,34,35)/t16?,17?,23-/m1/s1. The van der Waals surface area contributed by atoms with Crippen LogP contribution in [0, 0.1) is 23.5 Å². The van der Waals surface area contributed by atoms with E-state index in [1.165, 1.54) is 4.90 Å². The molecule has 2 N–H and O–H groups in total. The van der Waals surface area contributed by atoms with Crippen molar-refractivity contribution in [3.05, 3.63) is 53.1 Å². The van der Waals surface area contributed by atoms with Gasteiger partial charge in [-0.1, -0.05) is 6.07 Å². The highest BCUT2D eigenvalue weighted by molar-refractivity contribution is 8.32. The van der Waals surface area contributed by atoms with Gasteiger partial charge >= 0.3 is 5.97 Å². The Bertz CT molecular complexity index is 1220. The summed E-state index contributed by atoms with van der Waals surface area (Å²) < 4.78 is 35.2. The Morgan fingerprint density at radius 3 is 2.30 bits per heavy atom. The van der Waals surface area contributed by atoms with Crippen LogP contribution in [0.3, 0.4) is 0 Å². The quantitative estimate of drug-likeness (QED) is 0.542. The number of carboxylic acids is 1. The molecule has 0 bridgehead atoms. The summed E-state index contributed by atoms with van der Waals surface area (Å²) in [6.45, 7) is 2.59. The second kappa shape index (κ2) is 10.3. The maximum Gasteiger partial charge on any atom is 0.306 e. The maximum atomic E-state index is 14.8. The summed E-state index contributed by atoms with van der Waals surface area (Å²) in [4.78, 5) is 39.7. The van der Waals surface area contributed by atoms with Crippen molar-refractivity contribution in [1.29, 1.82) is 0 Å². The number of carbonyl (C=O) groups is 3. The van der Waals surface area contributed by atoms with Crippen LogP contribution in [-0.4, -0.2) is 59.7 Å². The molecule has 2 aliphatic rings. The zero-order chi connectivity index (χ0) is 27.1. The highest BCUT2D eigenvalue weighted by Gasteiger charge is 2.45. The molecule has 1 atom stereocenters. The van der Waals surface area contributed by atoms with Gasteiger partial charge in [0, 0.05) is 18.2 Å². The largest absolute Gasteiger partial charge is 0.494 e. The third-order valence-corrected chi connectivity index (χ3v) is 8.51. The van der Waals surface area contributed by atoms with E-state index in [9.17, 15) is 28.3 Å². The third-order valence-electron chi connectivity index (χ3n) is 6.90. The number of nitrogens with zero attached hydrogens (tertiary/aromatic N) is 1. The van der Waals surface area contributed by atoms with Gasteiger partial charge in [-0.3, -0.25) is 14.4 Å². The van der Waals surface area contributed by atoms with Crippen LogP contribution < -0.4 is 10.1 Å². The molecule has 10 heteroatoms. The van der Waals surface area contributed by atoms with E-state index in [0.29, 0.717) is 24.3 Å². The predicted octanol–water partition coefficient (Wildman–Crippen LogP) is 4.59. The SMILES string of the molecule is CCOc1ccc2c(c1)CCN(C(=O)C1CC(C(=O)O)C1)[C@H]2C(=O)Nc1cc(F)c(S(C)(C)C)c(F)c1. The maximum absolute atomic E-state index is 14.8. The molecule has 0 radical (unpaired) electrons. The Hall–Kier alpha value is -3.14. The first-order valence-electron chi connectivity index (χ1n) is 12.2. The van der Waals surface area contributed by atoms with Gasteiger partial charge in [0.05, 0.1) is 17.4 Å². The lowest BCUT2D eigenvalue weighted by molar-refractivity contribution is -0.154. The molecule has 1 aliphatic heterocycles. The molecular formula is C27H32F2N2O5S. The molecule has 0 unspecified atom stereocenters. The molecule has 37 heavy (non-hydrogen) atoms. The van der Waals surface area contributed by atoms with Gasteiger partial charge < -0.3 is 20.1 Å². The van der Waals surface area contributed by atoms with Crippen LogP contribution in [-0.2, 0) is 20.8 Å². The first-order chi connectivity index (χ1) is 17.4. The summed E-state index contributed by atoms with van der Waals surface area (Å²) in [5.41, 5.74) is 1.41. The van der Waals surface area contributed by atoms with E-state index in [-0.39, 0.29) is 35.9 Å². The fraction of sp³-hybridized carbons (Fsp3) is 0.444. The molecule has 1 saturated carbocycles. The normalized spacial score (nSPS) is 21.5. The number of carboxylic acid groups (broad SMARTS) is 1. The Morgan fingerprint density at radius 1 is 1.08 bits per heavy atom. The number of anilines is 1. The number of aliphatic carboxylic acids is 1. The van der Waals surface area contributed by atoms with Crippen molar-refractivity contribution in [2.75, 3.05) is 37.2 Å². The fourth-order valence-electron chi connectivity index (χ4n) is 5.06. The first-order valence-corrected chi connectivity index (χ1v) is 15.0. The van der Waals surface area contributed by atoms with Gasteiger partial charge in [0.25, 0.3) is 5.91 Å². The van der Waals surface area contributed by atoms with Gasteiger partial charge in [0.1, 0.15) is 23.4 Å². The smallest absolute Gasteiger partial charge is 0.306 e.